The molecule has 1 heterocycles. The van der Waals surface area contributed by atoms with Crippen LogP contribution in [0.25, 0.3) is 11.1 Å². The molecule has 0 radical (unpaired) electrons. The van der Waals surface area contributed by atoms with Crippen LogP contribution in [-0.2, 0) is 11.3 Å². The molecule has 0 saturated heterocycles. The largest absolute Gasteiger partial charge is 0.497 e. The van der Waals surface area contributed by atoms with Crippen molar-refractivity contribution in [3.63, 3.8) is 0 Å². The van der Waals surface area contributed by atoms with Gasteiger partial charge >= 0.3 is 12.0 Å². The molecule has 1 aliphatic heterocycles. The maximum Gasteiger partial charge on any atom is 0.326 e. The first-order valence-corrected chi connectivity index (χ1v) is 11.3. The summed E-state index contributed by atoms with van der Waals surface area (Å²) in [4.78, 5) is 38.3. The number of hydrogen-bond acceptors (Lipinski definition) is 4. The van der Waals surface area contributed by atoms with Gasteiger partial charge in [-0.15, -0.1) is 0 Å². The summed E-state index contributed by atoms with van der Waals surface area (Å²) in [6.45, 7) is 3.86. The minimum absolute atomic E-state index is 0.202. The fraction of sp³-hybridized carbons (Fsp3) is 0.222. The van der Waals surface area contributed by atoms with Crippen molar-refractivity contribution in [2.24, 2.45) is 5.92 Å². The number of aliphatic carboxylic acids is 1. The molecule has 1 atom stereocenters. The van der Waals surface area contributed by atoms with Crippen LogP contribution in [0.2, 0.25) is 0 Å². The Morgan fingerprint density at radius 2 is 1.49 bits per heavy atom. The van der Waals surface area contributed by atoms with Gasteiger partial charge in [0.05, 0.1) is 7.11 Å². The second-order valence-corrected chi connectivity index (χ2v) is 8.72. The molecule has 8 heteroatoms. The third kappa shape index (κ3) is 5.11. The summed E-state index contributed by atoms with van der Waals surface area (Å²) < 4.78 is 5.11. The molecule has 1 unspecified atom stereocenters. The monoisotopic (exact) mass is 473 g/mol. The fourth-order valence-corrected chi connectivity index (χ4v) is 4.24. The number of urea groups is 1. The van der Waals surface area contributed by atoms with Crippen LogP contribution >= 0.6 is 0 Å². The van der Waals surface area contributed by atoms with E-state index in [4.69, 9.17) is 4.74 Å². The zero-order valence-electron chi connectivity index (χ0n) is 19.7. The Bertz CT molecular complexity index is 1250. The molecule has 1 aliphatic rings. The molecule has 0 saturated carbocycles. The number of carboxylic acid groups (broad SMARTS) is 1. The fourth-order valence-electron chi connectivity index (χ4n) is 4.24. The summed E-state index contributed by atoms with van der Waals surface area (Å²) in [7, 11) is 1.58. The second kappa shape index (κ2) is 9.89. The lowest BCUT2D eigenvalue weighted by Crippen LogP contribution is -2.44. The van der Waals surface area contributed by atoms with Crippen LogP contribution in [0, 0.1) is 5.92 Å². The quantitative estimate of drug-likeness (QED) is 0.444. The van der Waals surface area contributed by atoms with Gasteiger partial charge < -0.3 is 25.4 Å². The van der Waals surface area contributed by atoms with E-state index in [1.54, 1.807) is 63.4 Å². The van der Waals surface area contributed by atoms with E-state index in [2.05, 4.69) is 10.6 Å². The molecule has 0 fully saturated rings. The van der Waals surface area contributed by atoms with Crippen molar-refractivity contribution in [1.82, 2.24) is 4.90 Å². The van der Waals surface area contributed by atoms with Gasteiger partial charge in [-0.3, -0.25) is 4.79 Å². The zero-order chi connectivity index (χ0) is 25.1. The molecule has 180 valence electrons. The molecule has 0 bridgehead atoms. The third-order valence-corrected chi connectivity index (χ3v) is 5.98. The maximum atomic E-state index is 12.8. The van der Waals surface area contributed by atoms with Crippen molar-refractivity contribution >= 4 is 29.3 Å². The Morgan fingerprint density at radius 1 is 0.914 bits per heavy atom. The molecule has 3 aromatic carbocycles. The van der Waals surface area contributed by atoms with Gasteiger partial charge in [-0.2, -0.15) is 0 Å². The average molecular weight is 474 g/mol. The van der Waals surface area contributed by atoms with Crippen LogP contribution < -0.4 is 15.4 Å². The number of nitrogens with zero attached hydrogens (tertiary/aromatic N) is 1. The molecular weight excluding hydrogens is 446 g/mol. The molecule has 35 heavy (non-hydrogen) atoms. The summed E-state index contributed by atoms with van der Waals surface area (Å²) in [6.07, 6.45) is 0. The predicted octanol–water partition coefficient (Wildman–Crippen LogP) is 5.07. The molecule has 0 spiro atoms. The summed E-state index contributed by atoms with van der Waals surface area (Å²) in [6, 6.07) is 18.7. The minimum atomic E-state index is -1.000. The Hall–Kier alpha value is -4.33. The molecule has 3 amide bonds. The van der Waals surface area contributed by atoms with Crippen LogP contribution in [0.3, 0.4) is 0 Å². The number of carbonyl (C=O) groups is 3. The Morgan fingerprint density at radius 3 is 2.03 bits per heavy atom. The Kier molecular flexibility index (Phi) is 6.73. The molecule has 8 nitrogen and oxygen atoms in total. The van der Waals surface area contributed by atoms with E-state index in [1.165, 1.54) is 4.90 Å². The molecule has 3 aromatic rings. The average Bonchev–Trinajstić information content (AvgIpc) is 3.14. The van der Waals surface area contributed by atoms with Gasteiger partial charge in [-0.25, -0.2) is 9.59 Å². The first-order valence-electron chi connectivity index (χ1n) is 11.3. The van der Waals surface area contributed by atoms with Crippen LogP contribution in [0.4, 0.5) is 16.2 Å². The highest BCUT2D eigenvalue weighted by molar-refractivity contribution is 6.01. The van der Waals surface area contributed by atoms with Crippen LogP contribution in [0.1, 0.15) is 29.8 Å². The predicted molar refractivity (Wildman–Crippen MR) is 134 cm³/mol. The first-order chi connectivity index (χ1) is 16.8. The van der Waals surface area contributed by atoms with Crippen LogP contribution in [0.15, 0.2) is 66.7 Å². The van der Waals surface area contributed by atoms with Crippen molar-refractivity contribution < 1.29 is 24.2 Å². The van der Waals surface area contributed by atoms with Gasteiger partial charge in [0.25, 0.3) is 5.91 Å². The van der Waals surface area contributed by atoms with Gasteiger partial charge in [0.2, 0.25) is 0 Å². The van der Waals surface area contributed by atoms with Crippen LogP contribution in [0.5, 0.6) is 5.75 Å². The lowest BCUT2D eigenvalue weighted by atomic mass is 10.0. The van der Waals surface area contributed by atoms with Crippen molar-refractivity contribution in [2.45, 2.75) is 26.4 Å². The van der Waals surface area contributed by atoms with Gasteiger partial charge in [-0.05, 0) is 71.1 Å². The highest BCUT2D eigenvalue weighted by Crippen LogP contribution is 2.31. The number of hydrogen-bond donors (Lipinski definition) is 3. The van der Waals surface area contributed by atoms with E-state index >= 15 is 0 Å². The molecule has 3 N–H and O–H groups in total. The number of amides is 3. The van der Waals surface area contributed by atoms with E-state index in [9.17, 15) is 19.5 Å². The van der Waals surface area contributed by atoms with Gasteiger partial charge in [0.1, 0.15) is 11.8 Å². The molecular formula is C27H27N3O5. The molecule has 0 aliphatic carbocycles. The standard InChI is InChI=1S/C27H27N3O5/c1-16(2)24(26(32)33)30-15-19-14-18(6-13-23(19)25(30)31)17-4-7-20(8-5-17)28-27(34)29-21-9-11-22(35-3)12-10-21/h4-14,16,24H,15H2,1-3H3,(H,32,33)(H2,28,29,34). The summed E-state index contributed by atoms with van der Waals surface area (Å²) in [5.74, 6) is -0.750. The van der Waals surface area contributed by atoms with Crippen molar-refractivity contribution in [3.8, 4) is 16.9 Å². The first kappa shape index (κ1) is 23.8. The van der Waals surface area contributed by atoms with E-state index in [0.29, 0.717) is 22.7 Å². The summed E-state index contributed by atoms with van der Waals surface area (Å²) in [5.41, 5.74) is 4.44. The second-order valence-electron chi connectivity index (χ2n) is 8.72. The van der Waals surface area contributed by atoms with Gasteiger partial charge in [-0.1, -0.05) is 32.0 Å². The highest BCUT2D eigenvalue weighted by Gasteiger charge is 2.38. The van der Waals surface area contributed by atoms with Crippen LogP contribution in [-0.4, -0.2) is 41.1 Å². The Labute approximate surface area is 203 Å². The minimum Gasteiger partial charge on any atom is -0.497 e. The van der Waals surface area contributed by atoms with Crippen molar-refractivity contribution in [1.29, 1.82) is 0 Å². The van der Waals surface area contributed by atoms with E-state index < -0.39 is 12.0 Å². The van der Waals surface area contributed by atoms with E-state index in [0.717, 1.165) is 16.7 Å². The Balaban J connectivity index is 1.44. The maximum absolute atomic E-state index is 12.8. The number of benzene rings is 3. The smallest absolute Gasteiger partial charge is 0.326 e. The van der Waals surface area contributed by atoms with Crippen molar-refractivity contribution in [3.05, 3.63) is 77.9 Å². The van der Waals surface area contributed by atoms with E-state index in [-0.39, 0.29) is 24.4 Å². The lowest BCUT2D eigenvalue weighted by molar-refractivity contribution is -0.144. The zero-order valence-corrected chi connectivity index (χ0v) is 19.7. The molecule has 0 aromatic heterocycles. The normalized spacial score (nSPS) is 13.4. The van der Waals surface area contributed by atoms with Gasteiger partial charge in [0, 0.05) is 23.5 Å². The number of fused-ring (bicyclic) bond motifs is 1. The number of carboxylic acids is 1. The number of methoxy groups -OCH3 is 1. The lowest BCUT2D eigenvalue weighted by Gasteiger charge is -2.27. The summed E-state index contributed by atoms with van der Waals surface area (Å²) >= 11 is 0. The topological polar surface area (TPSA) is 108 Å². The number of ether oxygens (including phenoxy) is 1. The molecule has 4 rings (SSSR count). The third-order valence-electron chi connectivity index (χ3n) is 5.98. The van der Waals surface area contributed by atoms with E-state index in [1.807, 2.05) is 24.3 Å². The highest BCUT2D eigenvalue weighted by atomic mass is 16.5. The van der Waals surface area contributed by atoms with Crippen molar-refractivity contribution in [2.75, 3.05) is 17.7 Å². The number of anilines is 2. The number of rotatable bonds is 7. The number of carbonyl (C=O) groups excluding carboxylic acids is 2. The summed E-state index contributed by atoms with van der Waals surface area (Å²) in [5, 5.41) is 15.2. The number of nitrogens with one attached hydrogen (secondary N) is 2. The van der Waals surface area contributed by atoms with Gasteiger partial charge in [0.15, 0.2) is 0 Å². The SMILES string of the molecule is COc1ccc(NC(=O)Nc2ccc(-c3ccc4c(c3)CN(C(C(=O)O)C(C)C)C4=O)cc2)cc1.